The highest BCUT2D eigenvalue weighted by atomic mass is 32.2. The zero-order valence-corrected chi connectivity index (χ0v) is 15.2. The van der Waals surface area contributed by atoms with Crippen LogP contribution in [-0.4, -0.2) is 40.5 Å². The van der Waals surface area contributed by atoms with E-state index in [9.17, 15) is 13.2 Å². The second-order valence-corrected chi connectivity index (χ2v) is 9.01. The molecule has 6 heteroatoms. The number of halogens is 3. The molecule has 3 fully saturated rings. The van der Waals surface area contributed by atoms with Crippen LogP contribution >= 0.6 is 11.8 Å². The molecule has 1 aromatic heterocycles. The molecule has 138 valence electrons. The lowest BCUT2D eigenvalue weighted by Crippen LogP contribution is -2.50. The van der Waals surface area contributed by atoms with Crippen LogP contribution in [0.4, 0.5) is 13.2 Å². The molecule has 3 aliphatic rings. The van der Waals surface area contributed by atoms with Crippen molar-refractivity contribution in [2.75, 3.05) is 24.6 Å². The molecule has 0 aromatic carbocycles. The molecule has 2 saturated heterocycles. The summed E-state index contributed by atoms with van der Waals surface area (Å²) in [5.74, 6) is 3.03. The van der Waals surface area contributed by atoms with E-state index in [0.717, 1.165) is 30.9 Å². The Kier molecular flexibility index (Phi) is 4.78. The van der Waals surface area contributed by atoms with Gasteiger partial charge in [0.05, 0.1) is 0 Å². The average molecular weight is 370 g/mol. The summed E-state index contributed by atoms with van der Waals surface area (Å²) in [5, 5.41) is 0. The van der Waals surface area contributed by atoms with Gasteiger partial charge in [-0.2, -0.15) is 24.9 Å². The molecule has 1 spiro atoms. The number of hydrogen-bond acceptors (Lipinski definition) is 3. The normalized spacial score (nSPS) is 30.2. The van der Waals surface area contributed by atoms with Crippen LogP contribution in [0.15, 0.2) is 18.3 Å². The number of hydrogen-bond donors (Lipinski definition) is 0. The van der Waals surface area contributed by atoms with Crippen LogP contribution in [0.25, 0.3) is 0 Å². The molecule has 2 nitrogen and oxygen atoms in total. The third kappa shape index (κ3) is 3.70. The third-order valence-electron chi connectivity index (χ3n) is 6.39. The van der Waals surface area contributed by atoms with Gasteiger partial charge in [-0.05, 0) is 79.7 Å². The maximum Gasteiger partial charge on any atom is 0.433 e. The van der Waals surface area contributed by atoms with Gasteiger partial charge in [0.15, 0.2) is 0 Å². The van der Waals surface area contributed by atoms with Crippen molar-refractivity contribution in [2.24, 2.45) is 5.41 Å². The number of aromatic nitrogens is 1. The van der Waals surface area contributed by atoms with Crippen molar-refractivity contribution in [1.82, 2.24) is 9.88 Å². The lowest BCUT2D eigenvalue weighted by Gasteiger charge is -2.50. The fourth-order valence-corrected chi connectivity index (χ4v) is 6.01. The summed E-state index contributed by atoms with van der Waals surface area (Å²) in [7, 11) is 0. The maximum absolute atomic E-state index is 12.7. The van der Waals surface area contributed by atoms with E-state index in [1.54, 1.807) is 6.07 Å². The van der Waals surface area contributed by atoms with E-state index in [-0.39, 0.29) is 0 Å². The van der Waals surface area contributed by atoms with Crippen LogP contribution in [0, 0.1) is 5.41 Å². The number of pyridine rings is 1. The molecule has 0 bridgehead atoms. The van der Waals surface area contributed by atoms with Gasteiger partial charge in [0, 0.05) is 12.2 Å². The van der Waals surface area contributed by atoms with E-state index in [4.69, 9.17) is 0 Å². The Labute approximate surface area is 151 Å². The van der Waals surface area contributed by atoms with Crippen molar-refractivity contribution in [3.05, 3.63) is 29.6 Å². The number of nitrogens with zero attached hydrogens (tertiary/aromatic N) is 2. The first-order valence-electron chi connectivity index (χ1n) is 9.30. The molecule has 1 aromatic rings. The van der Waals surface area contributed by atoms with Gasteiger partial charge >= 0.3 is 6.18 Å². The van der Waals surface area contributed by atoms with Gasteiger partial charge in [-0.3, -0.25) is 4.98 Å². The standard InChI is InChI=1S/C19H25F3N2S/c20-19(21,22)17-5-4-15(11-23-17)14-2-1-3-16(10-14)24-8-6-18(7-9-24)12-25-13-18/h4-5,11,14,16H,1-3,6-10,12-13H2. The molecule has 0 radical (unpaired) electrons. The van der Waals surface area contributed by atoms with Crippen molar-refractivity contribution in [3.8, 4) is 0 Å². The Bertz CT molecular complexity index is 588. The molecule has 4 rings (SSSR count). The molecular formula is C19H25F3N2S. The molecule has 1 saturated carbocycles. The van der Waals surface area contributed by atoms with Crippen LogP contribution in [0.5, 0.6) is 0 Å². The Balaban J connectivity index is 1.38. The topological polar surface area (TPSA) is 16.1 Å². The summed E-state index contributed by atoms with van der Waals surface area (Å²) in [6.45, 7) is 2.40. The number of rotatable bonds is 2. The van der Waals surface area contributed by atoms with Crippen molar-refractivity contribution in [2.45, 2.75) is 56.7 Å². The zero-order valence-electron chi connectivity index (χ0n) is 14.4. The first-order valence-corrected chi connectivity index (χ1v) is 10.5. The molecule has 2 aliphatic heterocycles. The minimum Gasteiger partial charge on any atom is -0.300 e. The molecule has 1 aliphatic carbocycles. The monoisotopic (exact) mass is 370 g/mol. The number of thioether (sulfide) groups is 1. The minimum atomic E-state index is -4.35. The number of alkyl halides is 3. The second-order valence-electron chi connectivity index (χ2n) is 8.02. The van der Waals surface area contributed by atoms with Crippen LogP contribution in [0.2, 0.25) is 0 Å². The summed E-state index contributed by atoms with van der Waals surface area (Å²) < 4.78 is 38.1. The molecule has 25 heavy (non-hydrogen) atoms. The predicted molar refractivity (Wildman–Crippen MR) is 94.8 cm³/mol. The first kappa shape index (κ1) is 17.7. The summed E-state index contributed by atoms with van der Waals surface area (Å²) in [6.07, 6.45) is 4.27. The summed E-state index contributed by atoms with van der Waals surface area (Å²) >= 11 is 2.07. The first-order chi connectivity index (χ1) is 12.0. The van der Waals surface area contributed by atoms with Crippen LogP contribution < -0.4 is 0 Å². The van der Waals surface area contributed by atoms with Gasteiger partial charge in [-0.25, -0.2) is 0 Å². The Morgan fingerprint density at radius 2 is 1.88 bits per heavy atom. The summed E-state index contributed by atoms with van der Waals surface area (Å²) in [4.78, 5) is 6.31. The second kappa shape index (κ2) is 6.76. The maximum atomic E-state index is 12.7. The Hall–Kier alpha value is -0.750. The van der Waals surface area contributed by atoms with Crippen molar-refractivity contribution >= 4 is 11.8 Å². The SMILES string of the molecule is FC(F)(F)c1ccc(C2CCCC(N3CCC4(CC3)CSC4)C2)cn1. The van der Waals surface area contributed by atoms with E-state index in [1.165, 1.54) is 50.1 Å². The van der Waals surface area contributed by atoms with Gasteiger partial charge in [-0.15, -0.1) is 0 Å². The number of piperidine rings is 1. The molecule has 0 N–H and O–H groups in total. The van der Waals surface area contributed by atoms with Crippen molar-refractivity contribution in [1.29, 1.82) is 0 Å². The highest BCUT2D eigenvalue weighted by Crippen LogP contribution is 2.47. The Morgan fingerprint density at radius 1 is 1.12 bits per heavy atom. The predicted octanol–water partition coefficient (Wildman–Crippen LogP) is 4.96. The van der Waals surface area contributed by atoms with Gasteiger partial charge in [0.2, 0.25) is 0 Å². The third-order valence-corrected chi connectivity index (χ3v) is 8.02. The molecule has 2 atom stereocenters. The van der Waals surface area contributed by atoms with E-state index in [2.05, 4.69) is 21.6 Å². The average Bonchev–Trinajstić information content (AvgIpc) is 2.60. The molecular weight excluding hydrogens is 345 g/mol. The molecule has 2 unspecified atom stereocenters. The van der Waals surface area contributed by atoms with Gasteiger partial charge in [0.1, 0.15) is 5.69 Å². The molecule has 3 heterocycles. The quantitative estimate of drug-likeness (QED) is 0.732. The lowest BCUT2D eigenvalue weighted by atomic mass is 9.77. The highest BCUT2D eigenvalue weighted by molar-refractivity contribution is 8.00. The highest BCUT2D eigenvalue weighted by Gasteiger charge is 2.42. The van der Waals surface area contributed by atoms with Crippen LogP contribution in [-0.2, 0) is 6.18 Å². The number of likely N-dealkylation sites (tertiary alicyclic amines) is 1. The van der Waals surface area contributed by atoms with Crippen molar-refractivity contribution in [3.63, 3.8) is 0 Å². The summed E-state index contributed by atoms with van der Waals surface area (Å²) in [5.41, 5.74) is 0.817. The van der Waals surface area contributed by atoms with Gasteiger partial charge in [0.25, 0.3) is 0 Å². The minimum absolute atomic E-state index is 0.351. The van der Waals surface area contributed by atoms with Crippen LogP contribution in [0.3, 0.4) is 0 Å². The lowest BCUT2D eigenvalue weighted by molar-refractivity contribution is -0.141. The fourth-order valence-electron chi connectivity index (χ4n) is 4.66. The summed E-state index contributed by atoms with van der Waals surface area (Å²) in [6, 6.07) is 3.36. The van der Waals surface area contributed by atoms with E-state index in [1.807, 2.05) is 0 Å². The van der Waals surface area contributed by atoms with Crippen molar-refractivity contribution < 1.29 is 13.2 Å². The van der Waals surface area contributed by atoms with E-state index in [0.29, 0.717) is 17.4 Å². The van der Waals surface area contributed by atoms with Crippen LogP contribution in [0.1, 0.15) is 55.7 Å². The fraction of sp³-hybridized carbons (Fsp3) is 0.737. The van der Waals surface area contributed by atoms with Gasteiger partial charge in [-0.1, -0.05) is 12.5 Å². The zero-order chi connectivity index (χ0) is 17.5. The smallest absolute Gasteiger partial charge is 0.300 e. The van der Waals surface area contributed by atoms with Gasteiger partial charge < -0.3 is 4.90 Å². The Morgan fingerprint density at radius 3 is 2.44 bits per heavy atom. The van der Waals surface area contributed by atoms with E-state index >= 15 is 0 Å². The molecule has 0 amide bonds. The van der Waals surface area contributed by atoms with E-state index < -0.39 is 11.9 Å². The largest absolute Gasteiger partial charge is 0.433 e.